The maximum absolute atomic E-state index is 12.4. The number of nitrogens with one attached hydrogen (secondary N) is 3. The van der Waals surface area contributed by atoms with Gasteiger partial charge in [0.2, 0.25) is 0 Å². The number of rotatable bonds is 2. The van der Waals surface area contributed by atoms with Crippen LogP contribution in [0.1, 0.15) is 15.4 Å². The fraction of sp³-hybridized carbons (Fsp3) is 0.133. The van der Waals surface area contributed by atoms with Gasteiger partial charge < -0.3 is 15.3 Å². The molecule has 0 aliphatic heterocycles. The number of carbonyl (C=O) groups excluding carboxylic acids is 1. The van der Waals surface area contributed by atoms with Crippen LogP contribution in [0.2, 0.25) is 0 Å². The molecule has 0 unspecified atom stereocenters. The van der Waals surface area contributed by atoms with Crippen molar-refractivity contribution in [2.24, 2.45) is 7.05 Å². The van der Waals surface area contributed by atoms with Crippen molar-refractivity contribution in [1.29, 1.82) is 0 Å². The summed E-state index contributed by atoms with van der Waals surface area (Å²) in [5, 5.41) is 8.18. The molecular formula is C15H13N5O2S. The van der Waals surface area contributed by atoms with E-state index >= 15 is 0 Å². The second kappa shape index (κ2) is 4.82. The molecule has 3 N–H and O–H groups in total. The van der Waals surface area contributed by atoms with Crippen molar-refractivity contribution >= 4 is 44.2 Å². The summed E-state index contributed by atoms with van der Waals surface area (Å²) in [6, 6.07) is 7.09. The van der Waals surface area contributed by atoms with Gasteiger partial charge in [0.05, 0.1) is 21.6 Å². The van der Waals surface area contributed by atoms with Crippen molar-refractivity contribution in [3.05, 3.63) is 45.3 Å². The Hall–Kier alpha value is -2.87. The number of anilines is 1. The maximum Gasteiger partial charge on any atom is 0.323 e. The van der Waals surface area contributed by atoms with E-state index in [0.717, 1.165) is 15.9 Å². The first kappa shape index (κ1) is 13.8. The first-order valence-corrected chi connectivity index (χ1v) is 7.79. The third-order valence-electron chi connectivity index (χ3n) is 3.69. The molecule has 0 aliphatic rings. The number of fused-ring (bicyclic) bond motifs is 2. The molecule has 116 valence electrons. The fourth-order valence-corrected chi connectivity index (χ4v) is 3.64. The predicted octanol–water partition coefficient (Wildman–Crippen LogP) is 2.37. The van der Waals surface area contributed by atoms with Gasteiger partial charge >= 0.3 is 5.69 Å². The number of aryl methyl sites for hydroxylation is 2. The van der Waals surface area contributed by atoms with Gasteiger partial charge in [-0.05, 0) is 31.2 Å². The normalized spacial score (nSPS) is 11.4. The molecule has 0 saturated carbocycles. The molecule has 3 aromatic heterocycles. The van der Waals surface area contributed by atoms with Crippen LogP contribution in [0.3, 0.4) is 0 Å². The molecule has 0 spiro atoms. The molecule has 0 fully saturated rings. The zero-order valence-corrected chi connectivity index (χ0v) is 13.2. The number of aromatic amines is 2. The van der Waals surface area contributed by atoms with Crippen molar-refractivity contribution in [1.82, 2.24) is 19.7 Å². The Bertz CT molecular complexity index is 1080. The molecule has 3 heterocycles. The molecule has 4 aromatic rings. The lowest BCUT2D eigenvalue weighted by atomic mass is 10.2. The number of thiophene rings is 1. The highest BCUT2D eigenvalue weighted by Gasteiger charge is 2.15. The van der Waals surface area contributed by atoms with E-state index in [1.165, 1.54) is 11.3 Å². The van der Waals surface area contributed by atoms with E-state index in [4.69, 9.17) is 0 Å². The van der Waals surface area contributed by atoms with E-state index in [9.17, 15) is 9.59 Å². The summed E-state index contributed by atoms with van der Waals surface area (Å²) >= 11 is 1.40. The Balaban J connectivity index is 1.66. The van der Waals surface area contributed by atoms with Crippen LogP contribution < -0.4 is 11.0 Å². The molecule has 0 saturated heterocycles. The van der Waals surface area contributed by atoms with E-state index in [2.05, 4.69) is 20.4 Å². The van der Waals surface area contributed by atoms with Crippen LogP contribution in [0.5, 0.6) is 0 Å². The fourth-order valence-electron chi connectivity index (χ4n) is 2.62. The number of nitrogens with zero attached hydrogens (tertiary/aromatic N) is 2. The van der Waals surface area contributed by atoms with Crippen LogP contribution in [-0.4, -0.2) is 25.7 Å². The number of imidazole rings is 1. The van der Waals surface area contributed by atoms with E-state index in [0.29, 0.717) is 21.6 Å². The molecule has 1 aromatic carbocycles. The molecule has 8 heteroatoms. The molecule has 7 nitrogen and oxygen atoms in total. The van der Waals surface area contributed by atoms with Crippen LogP contribution >= 0.6 is 11.3 Å². The highest BCUT2D eigenvalue weighted by atomic mass is 32.1. The van der Waals surface area contributed by atoms with E-state index in [-0.39, 0.29) is 11.6 Å². The topological polar surface area (TPSA) is 95.6 Å². The molecule has 0 bridgehead atoms. The van der Waals surface area contributed by atoms with Gasteiger partial charge in [-0.15, -0.1) is 11.3 Å². The quantitative estimate of drug-likeness (QED) is 0.527. The molecule has 0 aliphatic carbocycles. The molecule has 1 amide bonds. The minimum Gasteiger partial charge on any atom is -0.321 e. The highest BCUT2D eigenvalue weighted by molar-refractivity contribution is 7.20. The van der Waals surface area contributed by atoms with Crippen molar-refractivity contribution in [2.75, 3.05) is 5.32 Å². The maximum atomic E-state index is 12.4. The number of H-pyrrole nitrogens is 2. The number of hydrogen-bond acceptors (Lipinski definition) is 4. The van der Waals surface area contributed by atoms with Gasteiger partial charge in [-0.3, -0.25) is 9.48 Å². The standard InChI is InChI=1S/C15H13N5O2S/c1-7-9-6-12(23-14(9)20(2)19-7)13(21)16-8-3-4-10-11(5-8)18-15(22)17-10/h3-6H,1-2H3,(H,16,21)(H2,17,18,22). The second-order valence-corrected chi connectivity index (χ2v) is 6.36. The Kier molecular flexibility index (Phi) is 2.88. The molecule has 23 heavy (non-hydrogen) atoms. The van der Waals surface area contributed by atoms with E-state index < -0.39 is 0 Å². The third-order valence-corrected chi connectivity index (χ3v) is 4.89. The van der Waals surface area contributed by atoms with Gasteiger partial charge in [-0.2, -0.15) is 5.10 Å². The van der Waals surface area contributed by atoms with Crippen LogP contribution in [0.4, 0.5) is 5.69 Å². The Labute approximate surface area is 133 Å². The van der Waals surface area contributed by atoms with Crippen LogP contribution in [0.25, 0.3) is 21.3 Å². The minimum atomic E-state index is -0.268. The molecular weight excluding hydrogens is 314 g/mol. The number of hydrogen-bond donors (Lipinski definition) is 3. The number of amides is 1. The lowest BCUT2D eigenvalue weighted by Gasteiger charge is -2.03. The number of carbonyl (C=O) groups is 1. The molecule has 4 rings (SSSR count). The lowest BCUT2D eigenvalue weighted by Crippen LogP contribution is -2.10. The van der Waals surface area contributed by atoms with E-state index in [1.54, 1.807) is 22.9 Å². The van der Waals surface area contributed by atoms with Gasteiger partial charge in [0.1, 0.15) is 4.83 Å². The van der Waals surface area contributed by atoms with Gasteiger partial charge in [-0.1, -0.05) is 0 Å². The van der Waals surface area contributed by atoms with Gasteiger partial charge in [0, 0.05) is 18.1 Å². The lowest BCUT2D eigenvalue weighted by molar-refractivity contribution is 0.103. The summed E-state index contributed by atoms with van der Waals surface area (Å²) in [5.41, 5.74) is 2.63. The van der Waals surface area contributed by atoms with Crippen LogP contribution in [0, 0.1) is 6.92 Å². The second-order valence-electron chi connectivity index (χ2n) is 5.33. The summed E-state index contributed by atoms with van der Waals surface area (Å²) in [5.74, 6) is -0.178. The zero-order valence-electron chi connectivity index (χ0n) is 12.4. The van der Waals surface area contributed by atoms with Gasteiger partial charge in [0.15, 0.2) is 0 Å². The Morgan fingerprint density at radius 3 is 2.83 bits per heavy atom. The van der Waals surface area contributed by atoms with Crippen LogP contribution in [0.15, 0.2) is 29.1 Å². The number of aromatic nitrogens is 4. The summed E-state index contributed by atoms with van der Waals surface area (Å²) in [7, 11) is 1.86. The zero-order chi connectivity index (χ0) is 16.1. The molecule has 0 radical (unpaired) electrons. The monoisotopic (exact) mass is 327 g/mol. The van der Waals surface area contributed by atoms with Crippen molar-refractivity contribution in [3.63, 3.8) is 0 Å². The summed E-state index contributed by atoms with van der Waals surface area (Å²) in [6.07, 6.45) is 0. The largest absolute Gasteiger partial charge is 0.323 e. The summed E-state index contributed by atoms with van der Waals surface area (Å²) < 4.78 is 1.78. The average molecular weight is 327 g/mol. The van der Waals surface area contributed by atoms with Gasteiger partial charge in [-0.25, -0.2) is 4.79 Å². The van der Waals surface area contributed by atoms with Gasteiger partial charge in [0.25, 0.3) is 5.91 Å². The minimum absolute atomic E-state index is 0.178. The Morgan fingerprint density at radius 1 is 1.26 bits per heavy atom. The first-order valence-electron chi connectivity index (χ1n) is 6.98. The Morgan fingerprint density at radius 2 is 2.04 bits per heavy atom. The van der Waals surface area contributed by atoms with Crippen molar-refractivity contribution in [2.45, 2.75) is 6.92 Å². The van der Waals surface area contributed by atoms with Crippen molar-refractivity contribution in [3.8, 4) is 0 Å². The summed E-state index contributed by atoms with van der Waals surface area (Å²) in [4.78, 5) is 30.6. The van der Waals surface area contributed by atoms with Crippen molar-refractivity contribution < 1.29 is 4.79 Å². The predicted molar refractivity (Wildman–Crippen MR) is 90.2 cm³/mol. The smallest absolute Gasteiger partial charge is 0.321 e. The van der Waals surface area contributed by atoms with E-state index in [1.807, 2.05) is 20.0 Å². The number of benzene rings is 1. The average Bonchev–Trinajstić information content (AvgIpc) is 3.14. The highest BCUT2D eigenvalue weighted by Crippen LogP contribution is 2.28. The SMILES string of the molecule is Cc1nn(C)c2sc(C(=O)Nc3ccc4[nH]c(=O)[nH]c4c3)cc12. The first-order chi connectivity index (χ1) is 11.0. The third kappa shape index (κ3) is 2.23. The van der Waals surface area contributed by atoms with Crippen LogP contribution in [-0.2, 0) is 7.05 Å². The summed E-state index contributed by atoms with van der Waals surface area (Å²) in [6.45, 7) is 1.92. The molecule has 0 atom stereocenters.